The van der Waals surface area contributed by atoms with E-state index in [1.54, 1.807) is 0 Å². The zero-order valence-electron chi connectivity index (χ0n) is 14.4. The summed E-state index contributed by atoms with van der Waals surface area (Å²) >= 11 is 0. The van der Waals surface area contributed by atoms with Crippen molar-refractivity contribution in [3.05, 3.63) is 18.2 Å². The molecule has 2 heterocycles. The number of ether oxygens (including phenoxy) is 1. The van der Waals surface area contributed by atoms with Crippen molar-refractivity contribution in [1.29, 1.82) is 0 Å². The van der Waals surface area contributed by atoms with E-state index in [4.69, 9.17) is 9.15 Å². The molecule has 0 radical (unpaired) electrons. The summed E-state index contributed by atoms with van der Waals surface area (Å²) in [4.78, 5) is 6.43. The lowest BCUT2D eigenvalue weighted by Gasteiger charge is -2.33. The van der Waals surface area contributed by atoms with E-state index in [1.807, 2.05) is 25.1 Å². The minimum absolute atomic E-state index is 0.467. The summed E-state index contributed by atoms with van der Waals surface area (Å²) in [7, 11) is 3.87. The average molecular weight is 330 g/mol. The highest BCUT2D eigenvalue weighted by molar-refractivity contribution is 5.79. The molecule has 0 amide bonds. The van der Waals surface area contributed by atoms with Crippen molar-refractivity contribution in [2.75, 3.05) is 44.1 Å². The zero-order valence-corrected chi connectivity index (χ0v) is 14.4. The quantitative estimate of drug-likeness (QED) is 0.898. The largest absolute Gasteiger partial charge is 0.423 e. The molecule has 1 aliphatic carbocycles. The molecule has 4 rings (SSSR count). The van der Waals surface area contributed by atoms with Crippen LogP contribution in [0.1, 0.15) is 19.3 Å². The lowest BCUT2D eigenvalue weighted by molar-refractivity contribution is 0.0559. The van der Waals surface area contributed by atoms with Crippen molar-refractivity contribution < 1.29 is 9.15 Å². The molecule has 1 aliphatic heterocycles. The maximum atomic E-state index is 5.73. The van der Waals surface area contributed by atoms with Gasteiger partial charge in [-0.25, -0.2) is 0 Å². The van der Waals surface area contributed by atoms with Gasteiger partial charge < -0.3 is 24.7 Å². The standard InChI is InChI=1S/C18H26N4O2/c1-22(2)18-21-15-10-12(6-7-17(15)24-18)20-14-5-3-4-13(14)16-11-23-9-8-19-16/h6-7,10,13-14,16,19-20H,3-5,8-9,11H2,1-2H3. The summed E-state index contributed by atoms with van der Waals surface area (Å²) in [5.41, 5.74) is 2.85. The summed E-state index contributed by atoms with van der Waals surface area (Å²) in [6, 6.07) is 7.78. The Labute approximate surface area is 142 Å². The molecule has 1 saturated carbocycles. The zero-order chi connectivity index (χ0) is 16.5. The molecule has 1 aromatic carbocycles. The molecule has 130 valence electrons. The van der Waals surface area contributed by atoms with Gasteiger partial charge in [0.15, 0.2) is 5.58 Å². The Bertz CT molecular complexity index is 693. The van der Waals surface area contributed by atoms with E-state index in [2.05, 4.69) is 27.8 Å². The van der Waals surface area contributed by atoms with Gasteiger partial charge in [0.1, 0.15) is 5.52 Å². The molecule has 1 aromatic heterocycles. The molecule has 0 bridgehead atoms. The van der Waals surface area contributed by atoms with Crippen molar-refractivity contribution in [2.45, 2.75) is 31.3 Å². The number of hydrogen-bond acceptors (Lipinski definition) is 6. The molecular weight excluding hydrogens is 304 g/mol. The van der Waals surface area contributed by atoms with Crippen LogP contribution in [0.15, 0.2) is 22.6 Å². The Kier molecular flexibility index (Phi) is 4.33. The third-order valence-electron chi connectivity index (χ3n) is 5.15. The van der Waals surface area contributed by atoms with E-state index in [-0.39, 0.29) is 0 Å². The van der Waals surface area contributed by atoms with Gasteiger partial charge in [-0.2, -0.15) is 4.98 Å². The number of aromatic nitrogens is 1. The second-order valence-electron chi connectivity index (χ2n) is 7.05. The van der Waals surface area contributed by atoms with E-state index >= 15 is 0 Å². The van der Waals surface area contributed by atoms with Gasteiger partial charge in [-0.05, 0) is 37.0 Å². The first-order chi connectivity index (χ1) is 11.7. The van der Waals surface area contributed by atoms with Gasteiger partial charge in [0.25, 0.3) is 6.01 Å². The number of nitrogens with one attached hydrogen (secondary N) is 2. The minimum atomic E-state index is 0.467. The first-order valence-corrected chi connectivity index (χ1v) is 8.86. The van der Waals surface area contributed by atoms with Crippen molar-refractivity contribution in [3.8, 4) is 0 Å². The highest BCUT2D eigenvalue weighted by Crippen LogP contribution is 2.33. The van der Waals surface area contributed by atoms with E-state index in [0.29, 0.717) is 24.0 Å². The van der Waals surface area contributed by atoms with Crippen LogP contribution < -0.4 is 15.5 Å². The SMILES string of the molecule is CN(C)c1nc2cc(NC3CCCC3C3COCCN3)ccc2o1. The Morgan fingerprint density at radius 3 is 3.00 bits per heavy atom. The number of oxazole rings is 1. The van der Waals surface area contributed by atoms with Crippen LogP contribution in [0.25, 0.3) is 11.1 Å². The van der Waals surface area contributed by atoms with Gasteiger partial charge >= 0.3 is 0 Å². The highest BCUT2D eigenvalue weighted by atomic mass is 16.5. The van der Waals surface area contributed by atoms with Crippen LogP contribution in [0, 0.1) is 5.92 Å². The van der Waals surface area contributed by atoms with Crippen LogP contribution in [0.3, 0.4) is 0 Å². The number of hydrogen-bond donors (Lipinski definition) is 2. The number of anilines is 2. The first kappa shape index (κ1) is 15.7. The summed E-state index contributed by atoms with van der Waals surface area (Å²) in [6.07, 6.45) is 3.75. The topological polar surface area (TPSA) is 62.6 Å². The molecule has 2 fully saturated rings. The van der Waals surface area contributed by atoms with Gasteiger partial charge in [-0.3, -0.25) is 0 Å². The fraction of sp³-hybridized carbons (Fsp3) is 0.611. The number of morpholine rings is 1. The van der Waals surface area contributed by atoms with Gasteiger partial charge in [-0.1, -0.05) is 6.42 Å². The smallest absolute Gasteiger partial charge is 0.297 e. The molecular formula is C18H26N4O2. The van der Waals surface area contributed by atoms with Crippen LogP contribution in [0.5, 0.6) is 0 Å². The highest BCUT2D eigenvalue weighted by Gasteiger charge is 2.34. The lowest BCUT2D eigenvalue weighted by atomic mass is 9.94. The molecule has 24 heavy (non-hydrogen) atoms. The lowest BCUT2D eigenvalue weighted by Crippen LogP contribution is -2.49. The van der Waals surface area contributed by atoms with Crippen molar-refractivity contribution in [1.82, 2.24) is 10.3 Å². The normalized spacial score (nSPS) is 27.5. The molecule has 0 spiro atoms. The monoisotopic (exact) mass is 330 g/mol. The Morgan fingerprint density at radius 2 is 2.21 bits per heavy atom. The molecule has 3 unspecified atom stereocenters. The fourth-order valence-electron chi connectivity index (χ4n) is 3.92. The van der Waals surface area contributed by atoms with E-state index < -0.39 is 0 Å². The molecule has 2 aliphatic rings. The predicted molar refractivity (Wildman–Crippen MR) is 95.7 cm³/mol. The Hall–Kier alpha value is -1.79. The first-order valence-electron chi connectivity index (χ1n) is 8.86. The van der Waals surface area contributed by atoms with E-state index in [1.165, 1.54) is 19.3 Å². The molecule has 3 atom stereocenters. The fourth-order valence-corrected chi connectivity index (χ4v) is 3.92. The van der Waals surface area contributed by atoms with Gasteiger partial charge in [0, 0.05) is 38.4 Å². The van der Waals surface area contributed by atoms with Crippen molar-refractivity contribution >= 4 is 22.8 Å². The average Bonchev–Trinajstić information content (AvgIpc) is 3.22. The van der Waals surface area contributed by atoms with Crippen LogP contribution in [0.2, 0.25) is 0 Å². The minimum Gasteiger partial charge on any atom is -0.423 e. The second-order valence-corrected chi connectivity index (χ2v) is 7.05. The number of benzene rings is 1. The maximum Gasteiger partial charge on any atom is 0.297 e. The summed E-state index contributed by atoms with van der Waals surface area (Å²) in [5.74, 6) is 0.621. The summed E-state index contributed by atoms with van der Waals surface area (Å²) < 4.78 is 11.4. The third kappa shape index (κ3) is 3.08. The predicted octanol–water partition coefficient (Wildman–Crippen LogP) is 2.46. The van der Waals surface area contributed by atoms with Crippen molar-refractivity contribution in [2.24, 2.45) is 5.92 Å². The number of rotatable bonds is 4. The second kappa shape index (κ2) is 6.61. The Morgan fingerprint density at radius 1 is 1.29 bits per heavy atom. The Balaban J connectivity index is 1.50. The summed E-state index contributed by atoms with van der Waals surface area (Å²) in [5, 5.41) is 7.35. The van der Waals surface area contributed by atoms with Gasteiger partial charge in [0.2, 0.25) is 0 Å². The van der Waals surface area contributed by atoms with Crippen molar-refractivity contribution in [3.63, 3.8) is 0 Å². The summed E-state index contributed by atoms with van der Waals surface area (Å²) in [6.45, 7) is 2.63. The number of nitrogens with zero attached hydrogens (tertiary/aromatic N) is 2. The molecule has 1 saturated heterocycles. The van der Waals surface area contributed by atoms with E-state index in [9.17, 15) is 0 Å². The number of fused-ring (bicyclic) bond motifs is 1. The van der Waals surface area contributed by atoms with Crippen LogP contribution in [-0.2, 0) is 4.74 Å². The third-order valence-corrected chi connectivity index (χ3v) is 5.15. The molecule has 6 nitrogen and oxygen atoms in total. The van der Waals surface area contributed by atoms with Crippen LogP contribution in [0.4, 0.5) is 11.7 Å². The van der Waals surface area contributed by atoms with Gasteiger partial charge in [-0.15, -0.1) is 0 Å². The molecule has 2 N–H and O–H groups in total. The van der Waals surface area contributed by atoms with Crippen LogP contribution >= 0.6 is 0 Å². The van der Waals surface area contributed by atoms with Crippen LogP contribution in [-0.4, -0.2) is 50.9 Å². The maximum absolute atomic E-state index is 5.73. The van der Waals surface area contributed by atoms with Gasteiger partial charge in [0.05, 0.1) is 13.2 Å². The molecule has 6 heteroatoms. The molecule has 2 aromatic rings. The van der Waals surface area contributed by atoms with E-state index in [0.717, 1.165) is 36.5 Å².